The van der Waals surface area contributed by atoms with Gasteiger partial charge in [0.25, 0.3) is 0 Å². The Labute approximate surface area is 181 Å². The molecule has 166 valence electrons. The number of methoxy groups -OCH3 is 1. The van der Waals surface area contributed by atoms with Crippen LogP contribution >= 0.6 is 0 Å². The van der Waals surface area contributed by atoms with Gasteiger partial charge in [0.1, 0.15) is 5.75 Å². The standard InChI is InChI=1S/C25H38N2O3/c1-3-4-5-6-7-8-14-27-20-21(22-10-9-11-23(28-2)24(22)27)19-26-15-12-25(13-16-26)29-17-18-30-25/h9-11,20H,3-8,12-19H2,1-2H3. The lowest BCUT2D eigenvalue weighted by Gasteiger charge is -2.37. The third kappa shape index (κ3) is 4.84. The first-order chi connectivity index (χ1) is 14.7. The van der Waals surface area contributed by atoms with Crippen LogP contribution in [0.15, 0.2) is 24.4 Å². The number of nitrogens with zero attached hydrogens (tertiary/aromatic N) is 2. The highest BCUT2D eigenvalue weighted by Crippen LogP contribution is 2.34. The smallest absolute Gasteiger partial charge is 0.170 e. The van der Waals surface area contributed by atoms with Crippen molar-refractivity contribution in [2.24, 2.45) is 0 Å². The maximum absolute atomic E-state index is 5.89. The second kappa shape index (κ2) is 10.2. The topological polar surface area (TPSA) is 35.9 Å². The predicted molar refractivity (Wildman–Crippen MR) is 121 cm³/mol. The summed E-state index contributed by atoms with van der Waals surface area (Å²) in [6.45, 7) is 7.84. The molecule has 3 heterocycles. The van der Waals surface area contributed by atoms with E-state index in [0.29, 0.717) is 0 Å². The molecule has 0 N–H and O–H groups in total. The van der Waals surface area contributed by atoms with Crippen molar-refractivity contribution in [1.29, 1.82) is 0 Å². The molecule has 0 atom stereocenters. The zero-order valence-electron chi connectivity index (χ0n) is 18.8. The molecule has 0 radical (unpaired) electrons. The van der Waals surface area contributed by atoms with Crippen LogP contribution in [0.3, 0.4) is 0 Å². The fourth-order valence-corrected chi connectivity index (χ4v) is 5.01. The molecule has 1 aromatic carbocycles. The van der Waals surface area contributed by atoms with Gasteiger partial charge in [0.05, 0.1) is 25.8 Å². The Morgan fingerprint density at radius 1 is 1.00 bits per heavy atom. The highest BCUT2D eigenvalue weighted by Gasteiger charge is 2.39. The van der Waals surface area contributed by atoms with Crippen molar-refractivity contribution in [2.75, 3.05) is 33.4 Å². The minimum atomic E-state index is -0.300. The Kier molecular flexibility index (Phi) is 7.34. The third-order valence-corrected chi connectivity index (χ3v) is 6.74. The second-order valence-corrected chi connectivity index (χ2v) is 8.86. The molecule has 1 spiro atoms. The van der Waals surface area contributed by atoms with Gasteiger partial charge in [-0.25, -0.2) is 0 Å². The van der Waals surface area contributed by atoms with E-state index in [1.54, 1.807) is 7.11 Å². The molecule has 4 rings (SSSR count). The second-order valence-electron chi connectivity index (χ2n) is 8.86. The number of hydrogen-bond donors (Lipinski definition) is 0. The number of likely N-dealkylation sites (tertiary alicyclic amines) is 1. The zero-order valence-corrected chi connectivity index (χ0v) is 18.8. The van der Waals surface area contributed by atoms with Crippen molar-refractivity contribution in [3.05, 3.63) is 30.0 Å². The fraction of sp³-hybridized carbons (Fsp3) is 0.680. The third-order valence-electron chi connectivity index (χ3n) is 6.74. The van der Waals surface area contributed by atoms with Crippen LogP contribution in [0, 0.1) is 0 Å². The minimum Gasteiger partial charge on any atom is -0.495 e. The number of fused-ring (bicyclic) bond motifs is 1. The summed E-state index contributed by atoms with van der Waals surface area (Å²) in [5, 5.41) is 1.33. The molecule has 0 bridgehead atoms. The van der Waals surface area contributed by atoms with Gasteiger partial charge in [-0.2, -0.15) is 0 Å². The van der Waals surface area contributed by atoms with Crippen LogP contribution in [0.4, 0.5) is 0 Å². The van der Waals surface area contributed by atoms with Crippen LogP contribution in [0.1, 0.15) is 63.9 Å². The summed E-state index contributed by atoms with van der Waals surface area (Å²) < 4.78 is 19.9. The summed E-state index contributed by atoms with van der Waals surface area (Å²) in [6.07, 6.45) is 12.2. The Balaban J connectivity index is 1.44. The highest BCUT2D eigenvalue weighted by atomic mass is 16.7. The van der Waals surface area contributed by atoms with Gasteiger partial charge in [-0.1, -0.05) is 51.2 Å². The lowest BCUT2D eigenvalue weighted by molar-refractivity contribution is -0.185. The molecule has 0 saturated carbocycles. The number of benzene rings is 1. The number of piperidine rings is 1. The van der Waals surface area contributed by atoms with Crippen molar-refractivity contribution in [2.45, 2.75) is 77.2 Å². The van der Waals surface area contributed by atoms with Gasteiger partial charge in [-0.3, -0.25) is 4.90 Å². The molecule has 30 heavy (non-hydrogen) atoms. The molecule has 2 saturated heterocycles. The SMILES string of the molecule is CCCCCCCCn1cc(CN2CCC3(CC2)OCCO3)c2cccc(OC)c21. The Hall–Kier alpha value is -1.56. The van der Waals surface area contributed by atoms with Gasteiger partial charge in [0.2, 0.25) is 0 Å². The monoisotopic (exact) mass is 414 g/mol. The lowest BCUT2D eigenvalue weighted by Crippen LogP contribution is -2.44. The van der Waals surface area contributed by atoms with Crippen LogP contribution in [0.2, 0.25) is 0 Å². The largest absolute Gasteiger partial charge is 0.495 e. The molecule has 1 aromatic heterocycles. The van der Waals surface area contributed by atoms with Crippen molar-refractivity contribution in [3.63, 3.8) is 0 Å². The van der Waals surface area contributed by atoms with Crippen molar-refractivity contribution < 1.29 is 14.2 Å². The van der Waals surface area contributed by atoms with E-state index < -0.39 is 0 Å². The zero-order chi connectivity index (χ0) is 20.8. The molecule has 0 unspecified atom stereocenters. The van der Waals surface area contributed by atoms with E-state index in [4.69, 9.17) is 14.2 Å². The number of unbranched alkanes of at least 4 members (excludes halogenated alkanes) is 5. The average molecular weight is 415 g/mol. The molecule has 2 aromatic rings. The van der Waals surface area contributed by atoms with Crippen LogP contribution in [-0.2, 0) is 22.6 Å². The Morgan fingerprint density at radius 2 is 1.73 bits per heavy atom. The number of para-hydroxylation sites is 1. The first-order valence-electron chi connectivity index (χ1n) is 11.9. The van der Waals surface area contributed by atoms with Crippen LogP contribution in [0.5, 0.6) is 5.75 Å². The number of ether oxygens (including phenoxy) is 3. The Morgan fingerprint density at radius 3 is 2.47 bits per heavy atom. The van der Waals surface area contributed by atoms with Crippen LogP contribution in [-0.4, -0.2) is 48.7 Å². The molecule has 0 aliphatic carbocycles. The summed E-state index contributed by atoms with van der Waals surface area (Å²) in [7, 11) is 1.78. The van der Waals surface area contributed by atoms with Crippen molar-refractivity contribution in [1.82, 2.24) is 9.47 Å². The fourth-order valence-electron chi connectivity index (χ4n) is 5.01. The van der Waals surface area contributed by atoms with E-state index in [1.807, 2.05) is 0 Å². The quantitative estimate of drug-likeness (QED) is 0.491. The Bertz CT molecular complexity index is 800. The van der Waals surface area contributed by atoms with E-state index in [2.05, 4.69) is 40.8 Å². The van der Waals surface area contributed by atoms with Gasteiger partial charge >= 0.3 is 0 Å². The number of aryl methyl sites for hydroxylation is 1. The molecule has 0 amide bonds. The normalized spacial score (nSPS) is 19.1. The van der Waals surface area contributed by atoms with Crippen molar-refractivity contribution in [3.8, 4) is 5.75 Å². The molecular weight excluding hydrogens is 376 g/mol. The molecule has 2 fully saturated rings. The van der Waals surface area contributed by atoms with Gasteiger partial charge in [-0.05, 0) is 18.1 Å². The number of hydrogen-bond acceptors (Lipinski definition) is 4. The molecule has 2 aliphatic heterocycles. The highest BCUT2D eigenvalue weighted by molar-refractivity contribution is 5.89. The minimum absolute atomic E-state index is 0.300. The van der Waals surface area contributed by atoms with E-state index in [0.717, 1.165) is 58.0 Å². The molecule has 5 nitrogen and oxygen atoms in total. The van der Waals surface area contributed by atoms with Gasteiger partial charge in [-0.15, -0.1) is 0 Å². The summed E-state index contributed by atoms with van der Waals surface area (Å²) >= 11 is 0. The maximum Gasteiger partial charge on any atom is 0.170 e. The molecule has 5 heteroatoms. The lowest BCUT2D eigenvalue weighted by atomic mass is 10.0. The number of aromatic nitrogens is 1. The summed E-state index contributed by atoms with van der Waals surface area (Å²) in [5.41, 5.74) is 2.65. The molecule has 2 aliphatic rings. The first-order valence-corrected chi connectivity index (χ1v) is 11.9. The van der Waals surface area contributed by atoms with E-state index in [9.17, 15) is 0 Å². The van der Waals surface area contributed by atoms with Gasteiger partial charge in [0, 0.05) is 50.6 Å². The van der Waals surface area contributed by atoms with E-state index in [-0.39, 0.29) is 5.79 Å². The van der Waals surface area contributed by atoms with Crippen LogP contribution < -0.4 is 4.74 Å². The summed E-state index contributed by atoms with van der Waals surface area (Å²) in [4.78, 5) is 2.54. The summed E-state index contributed by atoms with van der Waals surface area (Å²) in [6, 6.07) is 6.45. The van der Waals surface area contributed by atoms with E-state index >= 15 is 0 Å². The van der Waals surface area contributed by atoms with Gasteiger partial charge in [0.15, 0.2) is 5.79 Å². The molecular formula is C25H38N2O3. The first kappa shape index (κ1) is 21.7. The van der Waals surface area contributed by atoms with Crippen LogP contribution in [0.25, 0.3) is 10.9 Å². The maximum atomic E-state index is 5.89. The van der Waals surface area contributed by atoms with Crippen molar-refractivity contribution >= 4 is 10.9 Å². The number of rotatable bonds is 10. The van der Waals surface area contributed by atoms with E-state index in [1.165, 1.54) is 55.0 Å². The van der Waals surface area contributed by atoms with Gasteiger partial charge < -0.3 is 18.8 Å². The average Bonchev–Trinajstić information content (AvgIpc) is 3.37. The predicted octanol–water partition coefficient (Wildman–Crippen LogP) is 5.35. The summed E-state index contributed by atoms with van der Waals surface area (Å²) in [5.74, 6) is 0.681.